The highest BCUT2D eigenvalue weighted by atomic mass is 19.1. The maximum Gasteiger partial charge on any atom is 0.341 e. The molecule has 1 N–H and O–H groups in total. The molecule has 0 aliphatic rings. The molecule has 0 fully saturated rings. The zero-order valence-electron chi connectivity index (χ0n) is 20.3. The zero-order chi connectivity index (χ0) is 25.8. The summed E-state index contributed by atoms with van der Waals surface area (Å²) in [5.41, 5.74) is 7.34. The molecular weight excluding hydrogens is 467 g/mol. The summed E-state index contributed by atoms with van der Waals surface area (Å²) in [6, 6.07) is 31.8. The molecule has 5 rings (SSSR count). The minimum absolute atomic E-state index is 0.296. The van der Waals surface area contributed by atoms with Gasteiger partial charge in [0, 0.05) is 16.7 Å². The summed E-state index contributed by atoms with van der Waals surface area (Å²) >= 11 is 0. The molecule has 0 bridgehead atoms. The minimum Gasteiger partial charge on any atom is -0.482 e. The van der Waals surface area contributed by atoms with Gasteiger partial charge >= 0.3 is 5.97 Å². The van der Waals surface area contributed by atoms with Crippen molar-refractivity contribution in [2.45, 2.75) is 13.3 Å². The Hall–Kier alpha value is -4.71. The summed E-state index contributed by atoms with van der Waals surface area (Å²) < 4.78 is 21.1. The number of ether oxygens (including phenoxy) is 1. The number of carboxylic acid groups (broad SMARTS) is 1. The number of carboxylic acids is 1. The molecule has 1 aromatic heterocycles. The van der Waals surface area contributed by atoms with Gasteiger partial charge in [-0.2, -0.15) is 5.10 Å². The van der Waals surface area contributed by atoms with Gasteiger partial charge in [-0.3, -0.25) is 0 Å². The summed E-state index contributed by atoms with van der Waals surface area (Å²) in [5, 5.41) is 14.1. The summed E-state index contributed by atoms with van der Waals surface area (Å²) in [6.07, 6.45) is 0.717. The van der Waals surface area contributed by atoms with E-state index in [1.165, 1.54) is 12.1 Å². The first kappa shape index (κ1) is 24.0. The second kappa shape index (κ2) is 10.5. The molecule has 0 amide bonds. The molecule has 37 heavy (non-hydrogen) atoms. The number of benzene rings is 4. The van der Waals surface area contributed by atoms with Gasteiger partial charge in [-0.05, 0) is 60.0 Å². The largest absolute Gasteiger partial charge is 0.482 e. The zero-order valence-corrected chi connectivity index (χ0v) is 20.3. The molecule has 0 saturated heterocycles. The summed E-state index contributed by atoms with van der Waals surface area (Å²) in [5.74, 6) is -0.852. The highest BCUT2D eigenvalue weighted by Gasteiger charge is 2.22. The molecule has 0 saturated carbocycles. The maximum atomic E-state index is 13.7. The third-order valence-corrected chi connectivity index (χ3v) is 6.14. The van der Waals surface area contributed by atoms with Gasteiger partial charge in [0.2, 0.25) is 0 Å². The van der Waals surface area contributed by atoms with Crippen molar-refractivity contribution in [3.63, 3.8) is 0 Å². The lowest BCUT2D eigenvalue weighted by atomic mass is 9.97. The third-order valence-electron chi connectivity index (χ3n) is 6.14. The van der Waals surface area contributed by atoms with Gasteiger partial charge in [0.25, 0.3) is 0 Å². The highest BCUT2D eigenvalue weighted by Crippen LogP contribution is 2.38. The van der Waals surface area contributed by atoms with Crippen LogP contribution in [-0.4, -0.2) is 27.5 Å². The monoisotopic (exact) mass is 492 g/mol. The van der Waals surface area contributed by atoms with Gasteiger partial charge < -0.3 is 9.84 Å². The highest BCUT2D eigenvalue weighted by molar-refractivity contribution is 5.84. The van der Waals surface area contributed by atoms with Gasteiger partial charge in [-0.15, -0.1) is 0 Å². The van der Waals surface area contributed by atoms with Crippen LogP contribution in [-0.2, 0) is 11.2 Å². The molecule has 6 heteroatoms. The minimum atomic E-state index is -1.03. The molecule has 0 atom stereocenters. The van der Waals surface area contributed by atoms with Crippen LogP contribution in [0.5, 0.6) is 5.75 Å². The fraction of sp³-hybridized carbons (Fsp3) is 0.0968. The van der Waals surface area contributed by atoms with E-state index in [2.05, 4.69) is 19.1 Å². The van der Waals surface area contributed by atoms with Gasteiger partial charge in [-0.25, -0.2) is 13.9 Å². The predicted molar refractivity (Wildman–Crippen MR) is 142 cm³/mol. The first-order chi connectivity index (χ1) is 18.0. The summed E-state index contributed by atoms with van der Waals surface area (Å²) in [4.78, 5) is 11.0. The molecule has 4 aromatic carbocycles. The second-order valence-electron chi connectivity index (χ2n) is 8.54. The predicted octanol–water partition coefficient (Wildman–Crippen LogP) is 7.04. The van der Waals surface area contributed by atoms with Crippen LogP contribution in [0.4, 0.5) is 4.39 Å². The lowest BCUT2D eigenvalue weighted by molar-refractivity contribution is -0.139. The van der Waals surface area contributed by atoms with Crippen LogP contribution in [0.1, 0.15) is 12.6 Å². The van der Waals surface area contributed by atoms with Crippen molar-refractivity contribution in [3.05, 3.63) is 115 Å². The average Bonchev–Trinajstić information content (AvgIpc) is 3.32. The van der Waals surface area contributed by atoms with E-state index in [0.717, 1.165) is 44.9 Å². The topological polar surface area (TPSA) is 64.4 Å². The Morgan fingerprint density at radius 2 is 1.57 bits per heavy atom. The van der Waals surface area contributed by atoms with Gasteiger partial charge in [0.15, 0.2) is 6.61 Å². The van der Waals surface area contributed by atoms with Crippen LogP contribution < -0.4 is 4.74 Å². The second-order valence-corrected chi connectivity index (χ2v) is 8.54. The quantitative estimate of drug-likeness (QED) is 0.252. The van der Waals surface area contributed by atoms with Gasteiger partial charge in [0.05, 0.1) is 11.4 Å². The first-order valence-corrected chi connectivity index (χ1v) is 12.0. The fourth-order valence-corrected chi connectivity index (χ4v) is 4.50. The van der Waals surface area contributed by atoms with Crippen LogP contribution in [0, 0.1) is 5.82 Å². The van der Waals surface area contributed by atoms with E-state index < -0.39 is 12.6 Å². The number of aliphatic carboxylic acids is 1. The molecule has 1 heterocycles. The van der Waals surface area contributed by atoms with Crippen LogP contribution in [0.2, 0.25) is 0 Å². The third kappa shape index (κ3) is 5.00. The fourth-order valence-electron chi connectivity index (χ4n) is 4.50. The van der Waals surface area contributed by atoms with Crippen molar-refractivity contribution in [3.8, 4) is 44.9 Å². The standard InChI is InChI=1S/C31H25FN2O3/c1-2-27-30(21-9-4-3-5-10-21)31(22-15-17-24(32)18-16-22)33-34(27)28-14-7-6-13-26(28)23-11-8-12-25(19-23)37-20-29(35)36/h3-19H,2,20H2,1H3,(H,35,36). The average molecular weight is 493 g/mol. The van der Waals surface area contributed by atoms with Crippen LogP contribution >= 0.6 is 0 Å². The molecule has 0 radical (unpaired) electrons. The van der Waals surface area contributed by atoms with Crippen LogP contribution in [0.3, 0.4) is 0 Å². The number of halogens is 1. The number of aromatic nitrogens is 2. The SMILES string of the molecule is CCc1c(-c2ccccc2)c(-c2ccc(F)cc2)nn1-c1ccccc1-c1cccc(OCC(=O)O)c1. The normalized spacial score (nSPS) is 10.9. The van der Waals surface area contributed by atoms with Crippen LogP contribution in [0.15, 0.2) is 103 Å². The molecule has 0 aliphatic carbocycles. The molecule has 184 valence electrons. The molecule has 5 aromatic rings. The van der Waals surface area contributed by atoms with Gasteiger partial charge in [0.1, 0.15) is 17.3 Å². The van der Waals surface area contributed by atoms with E-state index in [4.69, 9.17) is 14.9 Å². The molecular formula is C31H25FN2O3. The molecule has 0 spiro atoms. The number of hydrogen-bond donors (Lipinski definition) is 1. The Morgan fingerprint density at radius 1 is 0.865 bits per heavy atom. The summed E-state index contributed by atoms with van der Waals surface area (Å²) in [7, 11) is 0. The van der Waals surface area contributed by atoms with E-state index >= 15 is 0 Å². The Kier molecular flexibility index (Phi) is 6.81. The van der Waals surface area contributed by atoms with E-state index in [1.807, 2.05) is 65.3 Å². The van der Waals surface area contributed by atoms with Crippen molar-refractivity contribution in [1.29, 1.82) is 0 Å². The van der Waals surface area contributed by atoms with E-state index in [9.17, 15) is 9.18 Å². The number of para-hydroxylation sites is 1. The van der Waals surface area contributed by atoms with Crippen molar-refractivity contribution < 1.29 is 19.0 Å². The molecule has 0 aliphatic heterocycles. The number of carbonyl (C=O) groups is 1. The van der Waals surface area contributed by atoms with Crippen molar-refractivity contribution >= 4 is 5.97 Å². The van der Waals surface area contributed by atoms with Gasteiger partial charge in [-0.1, -0.05) is 67.6 Å². The number of rotatable bonds is 8. The Bertz CT molecular complexity index is 1540. The maximum absolute atomic E-state index is 13.7. The van der Waals surface area contributed by atoms with Crippen LogP contribution in [0.25, 0.3) is 39.2 Å². The molecule has 0 unspecified atom stereocenters. The lowest BCUT2D eigenvalue weighted by Gasteiger charge is -2.14. The first-order valence-electron chi connectivity index (χ1n) is 12.0. The van der Waals surface area contributed by atoms with Crippen molar-refractivity contribution in [1.82, 2.24) is 9.78 Å². The van der Waals surface area contributed by atoms with E-state index in [-0.39, 0.29) is 5.82 Å². The van der Waals surface area contributed by atoms with Crippen molar-refractivity contribution in [2.75, 3.05) is 6.61 Å². The number of hydrogen-bond acceptors (Lipinski definition) is 3. The molecule has 5 nitrogen and oxygen atoms in total. The summed E-state index contributed by atoms with van der Waals surface area (Å²) in [6.45, 7) is 1.68. The van der Waals surface area contributed by atoms with E-state index in [1.54, 1.807) is 18.2 Å². The number of nitrogens with zero attached hydrogens (tertiary/aromatic N) is 2. The smallest absolute Gasteiger partial charge is 0.341 e. The lowest BCUT2D eigenvalue weighted by Crippen LogP contribution is -2.09. The van der Waals surface area contributed by atoms with E-state index in [0.29, 0.717) is 12.2 Å². The Morgan fingerprint density at radius 3 is 2.30 bits per heavy atom. The van der Waals surface area contributed by atoms with Crippen molar-refractivity contribution in [2.24, 2.45) is 0 Å². The Labute approximate surface area is 214 Å². The Balaban J connectivity index is 1.70.